The number of hydrogen-bond acceptors (Lipinski definition) is 3. The van der Waals surface area contributed by atoms with Crippen LogP contribution in [0.15, 0.2) is 48.5 Å². The largest absolute Gasteiger partial charge is 0.483 e. The second-order valence-corrected chi connectivity index (χ2v) is 7.60. The molecule has 0 aliphatic rings. The monoisotopic (exact) mass is 410 g/mol. The van der Waals surface area contributed by atoms with Gasteiger partial charge < -0.3 is 15.0 Å². The maximum absolute atomic E-state index is 13.1. The van der Waals surface area contributed by atoms with Crippen molar-refractivity contribution in [1.82, 2.24) is 10.2 Å². The summed E-state index contributed by atoms with van der Waals surface area (Å²) in [6, 6.07) is 15.4. The van der Waals surface area contributed by atoms with Crippen LogP contribution in [0.2, 0.25) is 0 Å². The van der Waals surface area contributed by atoms with Crippen LogP contribution in [0.5, 0.6) is 5.75 Å². The highest BCUT2D eigenvalue weighted by Crippen LogP contribution is 2.19. The van der Waals surface area contributed by atoms with Crippen molar-refractivity contribution >= 4 is 11.8 Å². The number of nitrogens with one attached hydrogen (secondary N) is 1. The van der Waals surface area contributed by atoms with Gasteiger partial charge in [-0.3, -0.25) is 9.59 Å². The van der Waals surface area contributed by atoms with Crippen molar-refractivity contribution in [3.8, 4) is 5.75 Å². The zero-order valence-corrected chi connectivity index (χ0v) is 18.6. The zero-order valence-electron chi connectivity index (χ0n) is 18.6. The molecule has 2 aromatic rings. The first kappa shape index (κ1) is 23.5. The van der Waals surface area contributed by atoms with Crippen LogP contribution in [0.3, 0.4) is 0 Å². The Morgan fingerprint density at radius 1 is 1.07 bits per heavy atom. The zero-order chi connectivity index (χ0) is 21.9. The van der Waals surface area contributed by atoms with Crippen molar-refractivity contribution in [2.75, 3.05) is 19.7 Å². The van der Waals surface area contributed by atoms with Crippen molar-refractivity contribution in [1.29, 1.82) is 0 Å². The van der Waals surface area contributed by atoms with Gasteiger partial charge in [0.2, 0.25) is 5.91 Å². The molecule has 162 valence electrons. The highest BCUT2D eigenvalue weighted by atomic mass is 16.5. The van der Waals surface area contributed by atoms with Gasteiger partial charge in [-0.2, -0.15) is 0 Å². The van der Waals surface area contributed by atoms with Crippen molar-refractivity contribution in [2.24, 2.45) is 0 Å². The van der Waals surface area contributed by atoms with E-state index in [1.54, 1.807) is 4.90 Å². The Morgan fingerprint density at radius 3 is 2.43 bits per heavy atom. The predicted molar refractivity (Wildman–Crippen MR) is 121 cm³/mol. The maximum Gasteiger partial charge on any atom is 0.261 e. The summed E-state index contributed by atoms with van der Waals surface area (Å²) in [7, 11) is 0. The number of carbonyl (C=O) groups is 2. The van der Waals surface area contributed by atoms with E-state index in [1.165, 1.54) is 0 Å². The molecule has 2 rings (SSSR count). The fourth-order valence-corrected chi connectivity index (χ4v) is 3.45. The summed E-state index contributed by atoms with van der Waals surface area (Å²) in [5.41, 5.74) is 3.27. The molecule has 0 bridgehead atoms. The molecule has 0 fully saturated rings. The SMILES string of the molecule is CCCNC(=O)C(CC)N(CCc1ccccc1)C(=O)COc1ccc(C)cc1C. The second-order valence-electron chi connectivity index (χ2n) is 7.60. The van der Waals surface area contributed by atoms with E-state index in [4.69, 9.17) is 4.74 Å². The molecule has 30 heavy (non-hydrogen) atoms. The Morgan fingerprint density at radius 2 is 1.80 bits per heavy atom. The molecule has 0 heterocycles. The van der Waals surface area contributed by atoms with Crippen LogP contribution in [0.1, 0.15) is 43.4 Å². The van der Waals surface area contributed by atoms with Crippen LogP contribution < -0.4 is 10.1 Å². The van der Waals surface area contributed by atoms with E-state index in [2.05, 4.69) is 5.32 Å². The number of hydrogen-bond donors (Lipinski definition) is 1. The summed E-state index contributed by atoms with van der Waals surface area (Å²) in [4.78, 5) is 27.5. The number of carbonyl (C=O) groups excluding carboxylic acids is 2. The van der Waals surface area contributed by atoms with Gasteiger partial charge in [-0.15, -0.1) is 0 Å². The number of aryl methyl sites for hydroxylation is 2. The van der Waals surface area contributed by atoms with Gasteiger partial charge in [0.05, 0.1) is 0 Å². The third-order valence-electron chi connectivity index (χ3n) is 5.10. The van der Waals surface area contributed by atoms with Crippen LogP contribution in [-0.2, 0) is 16.0 Å². The smallest absolute Gasteiger partial charge is 0.261 e. The summed E-state index contributed by atoms with van der Waals surface area (Å²) in [5, 5.41) is 2.93. The van der Waals surface area contributed by atoms with Crippen LogP contribution in [-0.4, -0.2) is 42.5 Å². The molecule has 2 aromatic carbocycles. The van der Waals surface area contributed by atoms with E-state index in [0.29, 0.717) is 31.7 Å². The van der Waals surface area contributed by atoms with Crippen LogP contribution in [0.25, 0.3) is 0 Å². The number of nitrogens with zero attached hydrogens (tertiary/aromatic N) is 1. The van der Waals surface area contributed by atoms with Gasteiger partial charge in [0.15, 0.2) is 6.61 Å². The van der Waals surface area contributed by atoms with Gasteiger partial charge in [0.25, 0.3) is 5.91 Å². The Bertz CT molecular complexity index is 820. The normalized spacial score (nSPS) is 11.6. The minimum Gasteiger partial charge on any atom is -0.483 e. The standard InChI is InChI=1S/C25H34N2O3/c1-5-15-26-25(29)22(6-2)27(16-14-21-10-8-7-9-11-21)24(28)18-30-23-13-12-19(3)17-20(23)4/h7-13,17,22H,5-6,14-16,18H2,1-4H3,(H,26,29). The topological polar surface area (TPSA) is 58.6 Å². The van der Waals surface area contributed by atoms with Crippen molar-refractivity contribution in [2.45, 2.75) is 53.0 Å². The average molecular weight is 411 g/mol. The molecular formula is C25H34N2O3. The van der Waals surface area contributed by atoms with E-state index in [9.17, 15) is 9.59 Å². The average Bonchev–Trinajstić information content (AvgIpc) is 2.74. The maximum atomic E-state index is 13.1. The predicted octanol–water partition coefficient (Wildman–Crippen LogP) is 4.06. The van der Waals surface area contributed by atoms with Gasteiger partial charge in [0, 0.05) is 13.1 Å². The molecule has 0 saturated heterocycles. The summed E-state index contributed by atoms with van der Waals surface area (Å²) in [6.45, 7) is 8.92. The first-order valence-corrected chi connectivity index (χ1v) is 10.8. The molecule has 1 atom stereocenters. The number of amides is 2. The fraction of sp³-hybridized carbons (Fsp3) is 0.440. The summed E-state index contributed by atoms with van der Waals surface area (Å²) in [6.07, 6.45) is 2.10. The van der Waals surface area contributed by atoms with Gasteiger partial charge >= 0.3 is 0 Å². The molecule has 5 heteroatoms. The molecule has 0 aromatic heterocycles. The molecule has 0 radical (unpaired) electrons. The Balaban J connectivity index is 2.12. The third kappa shape index (κ3) is 6.90. The lowest BCUT2D eigenvalue weighted by Crippen LogP contribution is -2.51. The lowest BCUT2D eigenvalue weighted by Gasteiger charge is -2.30. The van der Waals surface area contributed by atoms with E-state index < -0.39 is 6.04 Å². The Hall–Kier alpha value is -2.82. The van der Waals surface area contributed by atoms with Gasteiger partial charge in [0.1, 0.15) is 11.8 Å². The van der Waals surface area contributed by atoms with Crippen molar-refractivity contribution in [3.63, 3.8) is 0 Å². The van der Waals surface area contributed by atoms with E-state index >= 15 is 0 Å². The molecule has 1 unspecified atom stereocenters. The quantitative estimate of drug-likeness (QED) is 0.608. The van der Waals surface area contributed by atoms with E-state index in [-0.39, 0.29) is 18.4 Å². The fourth-order valence-electron chi connectivity index (χ4n) is 3.45. The molecule has 2 amide bonds. The third-order valence-corrected chi connectivity index (χ3v) is 5.10. The minimum absolute atomic E-state index is 0.0871. The van der Waals surface area contributed by atoms with E-state index in [0.717, 1.165) is 23.1 Å². The second kappa shape index (κ2) is 12.0. The lowest BCUT2D eigenvalue weighted by atomic mass is 10.1. The minimum atomic E-state index is -0.504. The molecular weight excluding hydrogens is 376 g/mol. The highest BCUT2D eigenvalue weighted by molar-refractivity contribution is 5.88. The Kier molecular flexibility index (Phi) is 9.39. The van der Waals surface area contributed by atoms with Gasteiger partial charge in [-0.05, 0) is 50.3 Å². The molecule has 0 aliphatic carbocycles. The number of rotatable bonds is 11. The molecule has 0 spiro atoms. The lowest BCUT2D eigenvalue weighted by molar-refractivity contribution is -0.142. The highest BCUT2D eigenvalue weighted by Gasteiger charge is 2.28. The summed E-state index contributed by atoms with van der Waals surface area (Å²) < 4.78 is 5.82. The molecule has 5 nitrogen and oxygen atoms in total. The van der Waals surface area contributed by atoms with Gasteiger partial charge in [-0.1, -0.05) is 61.9 Å². The molecule has 0 aliphatic heterocycles. The number of ether oxygens (including phenoxy) is 1. The molecule has 0 saturated carbocycles. The van der Waals surface area contributed by atoms with Crippen LogP contribution >= 0.6 is 0 Å². The molecule has 1 N–H and O–H groups in total. The Labute approximate surface area is 180 Å². The van der Waals surface area contributed by atoms with Crippen LogP contribution in [0.4, 0.5) is 0 Å². The first-order valence-electron chi connectivity index (χ1n) is 10.8. The van der Waals surface area contributed by atoms with Crippen molar-refractivity contribution < 1.29 is 14.3 Å². The summed E-state index contributed by atoms with van der Waals surface area (Å²) in [5.74, 6) is 0.414. The first-order chi connectivity index (χ1) is 14.5. The summed E-state index contributed by atoms with van der Waals surface area (Å²) >= 11 is 0. The number of benzene rings is 2. The van der Waals surface area contributed by atoms with Crippen molar-refractivity contribution in [3.05, 3.63) is 65.2 Å². The van der Waals surface area contributed by atoms with Crippen LogP contribution in [0, 0.1) is 13.8 Å². The van der Waals surface area contributed by atoms with Gasteiger partial charge in [-0.25, -0.2) is 0 Å². The van der Waals surface area contributed by atoms with E-state index in [1.807, 2.05) is 76.2 Å².